The van der Waals surface area contributed by atoms with Crippen LogP contribution in [0, 0.1) is 0 Å². The maximum Gasteiger partial charge on any atom is 0.264 e. The van der Waals surface area contributed by atoms with E-state index in [2.05, 4.69) is 0 Å². The fourth-order valence-corrected chi connectivity index (χ4v) is 4.16. The zero-order chi connectivity index (χ0) is 17.9. The Bertz CT molecular complexity index is 833. The predicted molar refractivity (Wildman–Crippen MR) is 98.0 cm³/mol. The van der Waals surface area contributed by atoms with Gasteiger partial charge in [-0.25, -0.2) is 8.42 Å². The molecular weight excluding hydrogens is 336 g/mol. The number of sulfonamides is 1. The van der Waals surface area contributed by atoms with Gasteiger partial charge in [0.25, 0.3) is 10.0 Å². The average Bonchev–Trinajstić information content (AvgIpc) is 3.05. The SMILES string of the molecule is CN(c1ccccc1)S(=O)(=O)c1ccc(CCN2CCCC2=O)cc1. The first-order valence-electron chi connectivity index (χ1n) is 8.39. The van der Waals surface area contributed by atoms with Gasteiger partial charge in [-0.15, -0.1) is 0 Å². The van der Waals surface area contributed by atoms with Gasteiger partial charge in [0.1, 0.15) is 0 Å². The Morgan fingerprint density at radius 3 is 2.32 bits per heavy atom. The summed E-state index contributed by atoms with van der Waals surface area (Å²) in [5.41, 5.74) is 1.65. The number of hydrogen-bond acceptors (Lipinski definition) is 3. The Labute approximate surface area is 148 Å². The third-order valence-corrected chi connectivity index (χ3v) is 6.34. The van der Waals surface area contributed by atoms with Crippen LogP contribution in [0.3, 0.4) is 0 Å². The molecule has 0 unspecified atom stereocenters. The number of amides is 1. The summed E-state index contributed by atoms with van der Waals surface area (Å²) in [6, 6.07) is 15.9. The van der Waals surface area contributed by atoms with Gasteiger partial charge in [0.05, 0.1) is 10.6 Å². The summed E-state index contributed by atoms with van der Waals surface area (Å²) in [6.07, 6.45) is 2.31. The first-order chi connectivity index (χ1) is 12.0. The van der Waals surface area contributed by atoms with Crippen LogP contribution < -0.4 is 4.31 Å². The van der Waals surface area contributed by atoms with Crippen molar-refractivity contribution in [1.82, 2.24) is 4.90 Å². The van der Waals surface area contributed by atoms with Crippen LogP contribution in [0.4, 0.5) is 5.69 Å². The topological polar surface area (TPSA) is 57.7 Å². The molecule has 6 heteroatoms. The standard InChI is InChI=1S/C19H22N2O3S/c1-20(17-6-3-2-4-7-17)25(23,24)18-11-9-16(10-12-18)13-15-21-14-5-8-19(21)22/h2-4,6-7,9-12H,5,8,13-15H2,1H3. The molecule has 1 aliphatic heterocycles. The molecule has 0 saturated carbocycles. The van der Waals surface area contributed by atoms with Crippen molar-refractivity contribution in [2.75, 3.05) is 24.4 Å². The van der Waals surface area contributed by atoms with Gasteiger partial charge in [0.2, 0.25) is 5.91 Å². The van der Waals surface area contributed by atoms with Crippen LogP contribution in [-0.4, -0.2) is 39.4 Å². The number of para-hydroxylation sites is 1. The highest BCUT2D eigenvalue weighted by atomic mass is 32.2. The largest absolute Gasteiger partial charge is 0.342 e. The van der Waals surface area contributed by atoms with Crippen LogP contribution in [0.5, 0.6) is 0 Å². The highest BCUT2D eigenvalue weighted by Crippen LogP contribution is 2.22. The van der Waals surface area contributed by atoms with E-state index >= 15 is 0 Å². The number of anilines is 1. The molecule has 2 aromatic carbocycles. The predicted octanol–water partition coefficient (Wildman–Crippen LogP) is 2.68. The quantitative estimate of drug-likeness (QED) is 0.798. The van der Waals surface area contributed by atoms with E-state index in [1.54, 1.807) is 31.3 Å². The minimum atomic E-state index is -3.58. The number of rotatable bonds is 6. The molecule has 0 aromatic heterocycles. The van der Waals surface area contributed by atoms with Gasteiger partial charge in [0.15, 0.2) is 0 Å². The lowest BCUT2D eigenvalue weighted by molar-refractivity contribution is -0.127. The van der Waals surface area contributed by atoms with Gasteiger partial charge in [-0.05, 0) is 42.7 Å². The maximum absolute atomic E-state index is 12.7. The number of carbonyl (C=O) groups is 1. The average molecular weight is 358 g/mol. The monoisotopic (exact) mass is 358 g/mol. The summed E-state index contributed by atoms with van der Waals surface area (Å²) in [6.45, 7) is 1.52. The molecule has 0 spiro atoms. The van der Waals surface area contributed by atoms with Gasteiger partial charge >= 0.3 is 0 Å². The summed E-state index contributed by atoms with van der Waals surface area (Å²) in [5.74, 6) is 0.212. The summed E-state index contributed by atoms with van der Waals surface area (Å²) in [7, 11) is -2.03. The number of likely N-dealkylation sites (tertiary alicyclic amines) is 1. The van der Waals surface area contributed by atoms with Gasteiger partial charge in [-0.2, -0.15) is 0 Å². The molecule has 25 heavy (non-hydrogen) atoms. The molecule has 0 N–H and O–H groups in total. The number of nitrogens with zero attached hydrogens (tertiary/aromatic N) is 2. The van der Waals surface area contributed by atoms with Gasteiger partial charge in [0, 0.05) is 26.6 Å². The van der Waals surface area contributed by atoms with E-state index in [1.165, 1.54) is 4.31 Å². The van der Waals surface area contributed by atoms with Crippen molar-refractivity contribution in [3.8, 4) is 0 Å². The molecule has 0 bridgehead atoms. The van der Waals surface area contributed by atoms with Gasteiger partial charge < -0.3 is 4.90 Å². The summed E-state index contributed by atoms with van der Waals surface area (Å²) in [4.78, 5) is 13.8. The zero-order valence-electron chi connectivity index (χ0n) is 14.3. The van der Waals surface area contributed by atoms with E-state index in [0.29, 0.717) is 18.7 Å². The molecule has 0 radical (unpaired) electrons. The highest BCUT2D eigenvalue weighted by molar-refractivity contribution is 7.92. The molecule has 3 rings (SSSR count). The Kier molecular flexibility index (Phi) is 5.08. The molecule has 1 aliphatic rings. The Morgan fingerprint density at radius 1 is 1.04 bits per heavy atom. The number of benzene rings is 2. The molecule has 1 heterocycles. The zero-order valence-corrected chi connectivity index (χ0v) is 15.1. The molecule has 132 valence electrons. The minimum absolute atomic E-state index is 0.212. The number of carbonyl (C=O) groups excluding carboxylic acids is 1. The van der Waals surface area contributed by atoms with Crippen LogP contribution in [-0.2, 0) is 21.2 Å². The third-order valence-electron chi connectivity index (χ3n) is 4.54. The van der Waals surface area contributed by atoms with E-state index in [0.717, 1.165) is 24.9 Å². The summed E-state index contributed by atoms with van der Waals surface area (Å²) in [5, 5.41) is 0. The van der Waals surface area contributed by atoms with Crippen LogP contribution in [0.25, 0.3) is 0 Å². The van der Waals surface area contributed by atoms with Crippen LogP contribution >= 0.6 is 0 Å². The fourth-order valence-electron chi connectivity index (χ4n) is 2.97. The second kappa shape index (κ2) is 7.27. The fraction of sp³-hybridized carbons (Fsp3) is 0.316. The van der Waals surface area contributed by atoms with Crippen molar-refractivity contribution in [2.24, 2.45) is 0 Å². The lowest BCUT2D eigenvalue weighted by atomic mass is 10.1. The first-order valence-corrected chi connectivity index (χ1v) is 9.83. The van der Waals surface area contributed by atoms with Crippen molar-refractivity contribution in [2.45, 2.75) is 24.2 Å². The van der Waals surface area contributed by atoms with Gasteiger partial charge in [-0.1, -0.05) is 30.3 Å². The summed E-state index contributed by atoms with van der Waals surface area (Å²) < 4.78 is 26.7. The maximum atomic E-state index is 12.7. The molecule has 1 amide bonds. The molecule has 0 aliphatic carbocycles. The Hall–Kier alpha value is -2.34. The smallest absolute Gasteiger partial charge is 0.264 e. The second-order valence-corrected chi connectivity index (χ2v) is 8.16. The molecule has 2 aromatic rings. The Morgan fingerprint density at radius 2 is 1.72 bits per heavy atom. The van der Waals surface area contributed by atoms with Crippen molar-refractivity contribution < 1.29 is 13.2 Å². The van der Waals surface area contributed by atoms with Crippen LogP contribution in [0.15, 0.2) is 59.5 Å². The second-order valence-electron chi connectivity index (χ2n) is 6.19. The summed E-state index contributed by atoms with van der Waals surface area (Å²) >= 11 is 0. The van der Waals surface area contributed by atoms with Crippen molar-refractivity contribution in [1.29, 1.82) is 0 Å². The molecule has 0 atom stereocenters. The van der Waals surface area contributed by atoms with E-state index in [1.807, 2.05) is 35.2 Å². The molecule has 5 nitrogen and oxygen atoms in total. The lowest BCUT2D eigenvalue weighted by Crippen LogP contribution is -2.27. The van der Waals surface area contributed by atoms with Gasteiger partial charge in [-0.3, -0.25) is 9.10 Å². The van der Waals surface area contributed by atoms with E-state index in [-0.39, 0.29) is 10.8 Å². The van der Waals surface area contributed by atoms with Crippen LogP contribution in [0.1, 0.15) is 18.4 Å². The van der Waals surface area contributed by atoms with Crippen molar-refractivity contribution in [3.05, 3.63) is 60.2 Å². The minimum Gasteiger partial charge on any atom is -0.342 e. The Balaban J connectivity index is 1.69. The normalized spacial score (nSPS) is 14.8. The van der Waals surface area contributed by atoms with E-state index in [4.69, 9.17) is 0 Å². The third kappa shape index (κ3) is 3.85. The van der Waals surface area contributed by atoms with E-state index < -0.39 is 10.0 Å². The van der Waals surface area contributed by atoms with Crippen molar-refractivity contribution in [3.63, 3.8) is 0 Å². The molecule has 1 saturated heterocycles. The lowest BCUT2D eigenvalue weighted by Gasteiger charge is -2.20. The van der Waals surface area contributed by atoms with Crippen LogP contribution in [0.2, 0.25) is 0 Å². The molecular formula is C19H22N2O3S. The van der Waals surface area contributed by atoms with Crippen molar-refractivity contribution >= 4 is 21.6 Å². The first kappa shape index (κ1) is 17.5. The molecule has 1 fully saturated rings. The van der Waals surface area contributed by atoms with E-state index in [9.17, 15) is 13.2 Å². The highest BCUT2D eigenvalue weighted by Gasteiger charge is 2.22. The number of hydrogen-bond donors (Lipinski definition) is 0.